The average molecular weight is 431 g/mol. The van der Waals surface area contributed by atoms with Crippen molar-refractivity contribution in [3.8, 4) is 5.75 Å². The Labute approximate surface area is 186 Å². The largest absolute Gasteiger partial charge is 0.494 e. The SMILES string of the molecule is CCCCCCCCOc1ccc(Nc2nc(CN3CCC(N(C)C)C3)cs2)cc1. The van der Waals surface area contributed by atoms with Gasteiger partial charge in [-0.25, -0.2) is 4.98 Å². The molecule has 5 nitrogen and oxygen atoms in total. The van der Waals surface area contributed by atoms with Crippen LogP contribution in [0.5, 0.6) is 5.75 Å². The van der Waals surface area contributed by atoms with Crippen molar-refractivity contribution in [1.29, 1.82) is 0 Å². The van der Waals surface area contributed by atoms with Crippen molar-refractivity contribution < 1.29 is 4.74 Å². The summed E-state index contributed by atoms with van der Waals surface area (Å²) in [5.74, 6) is 0.943. The number of rotatable bonds is 13. The highest BCUT2D eigenvalue weighted by molar-refractivity contribution is 7.13. The predicted molar refractivity (Wildman–Crippen MR) is 128 cm³/mol. The quantitative estimate of drug-likeness (QED) is 0.409. The Bertz CT molecular complexity index is 731. The van der Waals surface area contributed by atoms with E-state index in [-0.39, 0.29) is 0 Å². The molecule has 1 atom stereocenters. The van der Waals surface area contributed by atoms with Crippen molar-refractivity contribution in [2.45, 2.75) is 64.5 Å². The van der Waals surface area contributed by atoms with E-state index in [1.54, 1.807) is 11.3 Å². The second kappa shape index (κ2) is 12.3. The molecule has 1 aliphatic rings. The van der Waals surface area contributed by atoms with Gasteiger partial charge in [-0.1, -0.05) is 39.0 Å². The zero-order valence-corrected chi connectivity index (χ0v) is 19.7. The fourth-order valence-corrected chi connectivity index (χ4v) is 4.60. The van der Waals surface area contributed by atoms with E-state index in [0.717, 1.165) is 54.9 Å². The van der Waals surface area contributed by atoms with Gasteiger partial charge in [-0.05, 0) is 51.2 Å². The molecule has 2 aromatic rings. The van der Waals surface area contributed by atoms with Gasteiger partial charge in [-0.2, -0.15) is 0 Å². The average Bonchev–Trinajstić information content (AvgIpc) is 3.38. The molecule has 1 aromatic carbocycles. The van der Waals surface area contributed by atoms with E-state index in [1.807, 2.05) is 12.1 Å². The Balaban J connectivity index is 1.37. The summed E-state index contributed by atoms with van der Waals surface area (Å²) in [7, 11) is 4.34. The molecule has 1 unspecified atom stereocenters. The summed E-state index contributed by atoms with van der Waals surface area (Å²) in [6.45, 7) is 6.29. The second-order valence-corrected chi connectivity index (χ2v) is 9.41. The molecule has 6 heteroatoms. The van der Waals surface area contributed by atoms with Gasteiger partial charge in [0, 0.05) is 36.7 Å². The van der Waals surface area contributed by atoms with Gasteiger partial charge >= 0.3 is 0 Å². The minimum absolute atomic E-state index is 0.669. The van der Waals surface area contributed by atoms with Crippen molar-refractivity contribution in [2.75, 3.05) is 39.1 Å². The third kappa shape index (κ3) is 7.56. The topological polar surface area (TPSA) is 40.6 Å². The van der Waals surface area contributed by atoms with Crippen LogP contribution in [0.4, 0.5) is 10.8 Å². The molecule has 0 aliphatic carbocycles. The fraction of sp³-hybridized carbons (Fsp3) is 0.625. The Kier molecular flexibility index (Phi) is 9.43. The lowest BCUT2D eigenvalue weighted by molar-refractivity contribution is 0.263. The Morgan fingerprint density at radius 3 is 2.63 bits per heavy atom. The van der Waals surface area contributed by atoms with Crippen LogP contribution >= 0.6 is 11.3 Å². The number of likely N-dealkylation sites (tertiary alicyclic amines) is 1. The highest BCUT2D eigenvalue weighted by Gasteiger charge is 2.24. The van der Waals surface area contributed by atoms with Crippen molar-refractivity contribution >= 4 is 22.2 Å². The zero-order chi connectivity index (χ0) is 21.2. The van der Waals surface area contributed by atoms with E-state index >= 15 is 0 Å². The summed E-state index contributed by atoms with van der Waals surface area (Å²) in [4.78, 5) is 9.60. The Morgan fingerprint density at radius 2 is 1.90 bits per heavy atom. The van der Waals surface area contributed by atoms with Crippen molar-refractivity contribution in [3.05, 3.63) is 35.3 Å². The predicted octanol–water partition coefficient (Wildman–Crippen LogP) is 5.76. The Hall–Kier alpha value is -1.63. The third-order valence-corrected chi connectivity index (χ3v) is 6.59. The van der Waals surface area contributed by atoms with Gasteiger partial charge in [0.15, 0.2) is 5.13 Å². The standard InChI is InChI=1S/C24H38N4OS/c1-4-5-6-7-8-9-16-29-23-12-10-20(11-13-23)25-24-26-21(19-30-24)17-28-15-14-22(18-28)27(2)3/h10-13,19,22H,4-9,14-18H2,1-3H3,(H,25,26). The molecule has 1 aromatic heterocycles. The highest BCUT2D eigenvalue weighted by atomic mass is 32.1. The van der Waals surface area contributed by atoms with Crippen molar-refractivity contribution in [3.63, 3.8) is 0 Å². The molecule has 166 valence electrons. The number of benzene rings is 1. The van der Waals surface area contributed by atoms with Crippen LogP contribution in [0.15, 0.2) is 29.6 Å². The zero-order valence-electron chi connectivity index (χ0n) is 18.9. The van der Waals surface area contributed by atoms with Gasteiger partial charge in [0.25, 0.3) is 0 Å². The van der Waals surface area contributed by atoms with Crippen LogP contribution in [0, 0.1) is 0 Å². The smallest absolute Gasteiger partial charge is 0.187 e. The summed E-state index contributed by atoms with van der Waals surface area (Å²) in [6.07, 6.45) is 8.97. The number of nitrogens with one attached hydrogen (secondary N) is 1. The van der Waals surface area contributed by atoms with E-state index in [0.29, 0.717) is 6.04 Å². The van der Waals surface area contributed by atoms with E-state index in [4.69, 9.17) is 9.72 Å². The molecule has 0 spiro atoms. The first-order valence-electron chi connectivity index (χ1n) is 11.5. The van der Waals surface area contributed by atoms with E-state index in [2.05, 4.69) is 53.6 Å². The van der Waals surface area contributed by atoms with Crippen molar-refractivity contribution in [1.82, 2.24) is 14.8 Å². The van der Waals surface area contributed by atoms with Crippen LogP contribution in [-0.2, 0) is 6.54 Å². The van der Waals surface area contributed by atoms with Crippen LogP contribution in [0.3, 0.4) is 0 Å². The molecule has 0 bridgehead atoms. The number of unbranched alkanes of at least 4 members (excludes halogenated alkanes) is 5. The number of aromatic nitrogens is 1. The molecule has 30 heavy (non-hydrogen) atoms. The van der Waals surface area contributed by atoms with Crippen molar-refractivity contribution in [2.24, 2.45) is 0 Å². The van der Waals surface area contributed by atoms with Crippen LogP contribution < -0.4 is 10.1 Å². The van der Waals surface area contributed by atoms with Gasteiger partial charge in [0.2, 0.25) is 0 Å². The number of hydrogen-bond acceptors (Lipinski definition) is 6. The second-order valence-electron chi connectivity index (χ2n) is 8.55. The first-order valence-corrected chi connectivity index (χ1v) is 12.3. The first-order chi connectivity index (χ1) is 14.6. The maximum Gasteiger partial charge on any atom is 0.187 e. The fourth-order valence-electron chi connectivity index (χ4n) is 3.87. The summed E-state index contributed by atoms with van der Waals surface area (Å²) in [6, 6.07) is 8.89. The highest BCUT2D eigenvalue weighted by Crippen LogP contribution is 2.24. The van der Waals surface area contributed by atoms with Gasteiger partial charge in [-0.15, -0.1) is 11.3 Å². The molecule has 2 heterocycles. The molecule has 1 saturated heterocycles. The van der Waals surface area contributed by atoms with E-state index in [9.17, 15) is 0 Å². The number of hydrogen-bond donors (Lipinski definition) is 1. The summed E-state index contributed by atoms with van der Waals surface area (Å²) >= 11 is 1.67. The van der Waals surface area contributed by atoms with Crippen LogP contribution in [0.1, 0.15) is 57.6 Å². The molecule has 0 radical (unpaired) electrons. The number of thiazole rings is 1. The molecule has 1 fully saturated rings. The molecule has 3 rings (SSSR count). The lowest BCUT2D eigenvalue weighted by Gasteiger charge is -2.19. The van der Waals surface area contributed by atoms with Gasteiger partial charge < -0.3 is 15.0 Å². The van der Waals surface area contributed by atoms with Gasteiger partial charge in [0.05, 0.1) is 12.3 Å². The summed E-state index contributed by atoms with van der Waals surface area (Å²) in [5.41, 5.74) is 2.21. The number of anilines is 2. The maximum absolute atomic E-state index is 5.87. The molecule has 0 saturated carbocycles. The molecule has 1 aliphatic heterocycles. The minimum atomic E-state index is 0.669. The lowest BCUT2D eigenvalue weighted by atomic mass is 10.1. The number of nitrogens with zero attached hydrogens (tertiary/aromatic N) is 3. The maximum atomic E-state index is 5.87. The minimum Gasteiger partial charge on any atom is -0.494 e. The normalized spacial score (nSPS) is 17.0. The number of likely N-dealkylation sites (N-methyl/N-ethyl adjacent to an activating group) is 1. The first kappa shape index (κ1) is 23.0. The molecule has 1 N–H and O–H groups in total. The van der Waals surface area contributed by atoms with E-state index in [1.165, 1.54) is 38.5 Å². The third-order valence-electron chi connectivity index (χ3n) is 5.79. The lowest BCUT2D eigenvalue weighted by Crippen LogP contribution is -2.31. The van der Waals surface area contributed by atoms with Crippen LogP contribution in [0.25, 0.3) is 0 Å². The molecule has 0 amide bonds. The van der Waals surface area contributed by atoms with Gasteiger partial charge in [-0.3, -0.25) is 4.90 Å². The summed E-state index contributed by atoms with van der Waals surface area (Å²) in [5, 5.41) is 6.55. The molecular formula is C24H38N4OS. The Morgan fingerprint density at radius 1 is 1.13 bits per heavy atom. The van der Waals surface area contributed by atoms with Gasteiger partial charge in [0.1, 0.15) is 5.75 Å². The monoisotopic (exact) mass is 430 g/mol. The van der Waals surface area contributed by atoms with Crippen LogP contribution in [-0.4, -0.2) is 54.6 Å². The van der Waals surface area contributed by atoms with E-state index < -0.39 is 0 Å². The summed E-state index contributed by atoms with van der Waals surface area (Å²) < 4.78 is 5.87. The molecular weight excluding hydrogens is 392 g/mol. The van der Waals surface area contributed by atoms with Crippen LogP contribution in [0.2, 0.25) is 0 Å². The number of ether oxygens (including phenoxy) is 1.